The molecule has 19 heavy (non-hydrogen) atoms. The number of carboxylic acid groups (broad SMARTS) is 1. The summed E-state index contributed by atoms with van der Waals surface area (Å²) in [5.74, 6) is -0.948. The van der Waals surface area contributed by atoms with Gasteiger partial charge in [-0.2, -0.15) is 0 Å². The van der Waals surface area contributed by atoms with Gasteiger partial charge in [0.2, 0.25) is 0 Å². The Balaban J connectivity index is 1.98. The molecule has 1 aromatic heterocycles. The summed E-state index contributed by atoms with van der Waals surface area (Å²) in [6.45, 7) is 2.77. The Morgan fingerprint density at radius 3 is 3.11 bits per heavy atom. The van der Waals surface area contributed by atoms with Crippen molar-refractivity contribution in [3.05, 3.63) is 23.8 Å². The average molecular weight is 261 g/mol. The van der Waals surface area contributed by atoms with Gasteiger partial charge in [-0.15, -0.1) is 5.10 Å². The monoisotopic (exact) mass is 261 g/mol. The molecule has 0 aliphatic carbocycles. The van der Waals surface area contributed by atoms with E-state index in [-0.39, 0.29) is 17.7 Å². The van der Waals surface area contributed by atoms with E-state index in [1.807, 2.05) is 11.6 Å². The standard InChI is InChI=1S/C13H15N3O3/c1-8-6-10(4-5-19-8)16-12-3-2-9(13(17)18)7-11(12)14-15-16/h2-3,7-8,10H,4-6H2,1H3,(H,17,18). The van der Waals surface area contributed by atoms with Gasteiger partial charge in [-0.3, -0.25) is 0 Å². The molecule has 6 nitrogen and oxygen atoms in total. The Labute approximate surface area is 110 Å². The SMILES string of the molecule is CC1CC(n2nnc3cc(C(=O)O)ccc32)CCO1. The van der Waals surface area contributed by atoms with Crippen molar-refractivity contribution in [1.82, 2.24) is 15.0 Å². The van der Waals surface area contributed by atoms with E-state index in [0.717, 1.165) is 25.0 Å². The van der Waals surface area contributed by atoms with Gasteiger partial charge in [0, 0.05) is 6.61 Å². The van der Waals surface area contributed by atoms with Gasteiger partial charge in [0.15, 0.2) is 0 Å². The van der Waals surface area contributed by atoms with Gasteiger partial charge >= 0.3 is 5.97 Å². The fourth-order valence-corrected chi connectivity index (χ4v) is 2.54. The maximum Gasteiger partial charge on any atom is 0.335 e. The minimum atomic E-state index is -0.948. The van der Waals surface area contributed by atoms with E-state index < -0.39 is 5.97 Å². The third kappa shape index (κ3) is 2.19. The molecule has 1 aromatic carbocycles. The second-order valence-electron chi connectivity index (χ2n) is 4.90. The minimum absolute atomic E-state index is 0.219. The van der Waals surface area contributed by atoms with Crippen LogP contribution in [-0.2, 0) is 4.74 Å². The summed E-state index contributed by atoms with van der Waals surface area (Å²) in [5, 5.41) is 17.2. The predicted octanol–water partition coefficient (Wildman–Crippen LogP) is 1.87. The van der Waals surface area contributed by atoms with Crippen LogP contribution in [0.4, 0.5) is 0 Å². The lowest BCUT2D eigenvalue weighted by Gasteiger charge is -2.27. The first-order chi connectivity index (χ1) is 9.15. The molecule has 1 N–H and O–H groups in total. The number of benzene rings is 1. The topological polar surface area (TPSA) is 77.2 Å². The summed E-state index contributed by atoms with van der Waals surface area (Å²) < 4.78 is 7.42. The highest BCUT2D eigenvalue weighted by Gasteiger charge is 2.23. The molecule has 0 saturated carbocycles. The van der Waals surface area contributed by atoms with Crippen molar-refractivity contribution in [1.29, 1.82) is 0 Å². The van der Waals surface area contributed by atoms with Gasteiger partial charge in [0.25, 0.3) is 0 Å². The summed E-state index contributed by atoms with van der Waals surface area (Å²) in [6.07, 6.45) is 2.03. The van der Waals surface area contributed by atoms with Gasteiger partial charge in [-0.05, 0) is 38.0 Å². The highest BCUT2D eigenvalue weighted by Crippen LogP contribution is 2.27. The molecule has 0 bridgehead atoms. The van der Waals surface area contributed by atoms with Crippen molar-refractivity contribution in [3.8, 4) is 0 Å². The first kappa shape index (κ1) is 12.1. The molecule has 0 amide bonds. The van der Waals surface area contributed by atoms with Crippen LogP contribution in [0, 0.1) is 0 Å². The van der Waals surface area contributed by atoms with Crippen molar-refractivity contribution >= 4 is 17.0 Å². The first-order valence-electron chi connectivity index (χ1n) is 6.35. The molecule has 2 aromatic rings. The summed E-state index contributed by atoms with van der Waals surface area (Å²) in [4.78, 5) is 10.9. The van der Waals surface area contributed by atoms with Gasteiger partial charge in [-0.25, -0.2) is 9.48 Å². The van der Waals surface area contributed by atoms with Crippen LogP contribution in [-0.4, -0.2) is 38.8 Å². The van der Waals surface area contributed by atoms with Gasteiger partial charge in [0.05, 0.1) is 23.2 Å². The Morgan fingerprint density at radius 2 is 2.37 bits per heavy atom. The van der Waals surface area contributed by atoms with Crippen molar-refractivity contribution in [3.63, 3.8) is 0 Å². The van der Waals surface area contributed by atoms with Crippen LogP contribution in [0.25, 0.3) is 11.0 Å². The van der Waals surface area contributed by atoms with Crippen molar-refractivity contribution < 1.29 is 14.6 Å². The van der Waals surface area contributed by atoms with Crippen LogP contribution in [0.5, 0.6) is 0 Å². The molecule has 0 radical (unpaired) electrons. The molecule has 2 heterocycles. The van der Waals surface area contributed by atoms with Crippen LogP contribution in [0.3, 0.4) is 0 Å². The number of rotatable bonds is 2. The quantitative estimate of drug-likeness (QED) is 0.893. The molecule has 100 valence electrons. The number of aromatic carboxylic acids is 1. The third-order valence-electron chi connectivity index (χ3n) is 3.52. The van der Waals surface area contributed by atoms with E-state index in [9.17, 15) is 4.79 Å². The summed E-state index contributed by atoms with van der Waals surface area (Å²) in [5.41, 5.74) is 1.74. The fourth-order valence-electron chi connectivity index (χ4n) is 2.54. The number of carboxylic acids is 1. The maximum absolute atomic E-state index is 10.9. The van der Waals surface area contributed by atoms with E-state index >= 15 is 0 Å². The normalized spacial score (nSPS) is 23.6. The molecular formula is C13H15N3O3. The molecule has 1 saturated heterocycles. The van der Waals surface area contributed by atoms with E-state index in [2.05, 4.69) is 10.3 Å². The number of hydrogen-bond acceptors (Lipinski definition) is 4. The first-order valence-corrected chi connectivity index (χ1v) is 6.35. The lowest BCUT2D eigenvalue weighted by Crippen LogP contribution is -2.26. The zero-order chi connectivity index (χ0) is 13.4. The van der Waals surface area contributed by atoms with Crippen molar-refractivity contribution in [2.75, 3.05) is 6.61 Å². The number of ether oxygens (including phenoxy) is 1. The van der Waals surface area contributed by atoms with E-state index in [1.165, 1.54) is 0 Å². The third-order valence-corrected chi connectivity index (χ3v) is 3.52. The molecule has 0 spiro atoms. The van der Waals surface area contributed by atoms with Gasteiger partial charge in [0.1, 0.15) is 5.52 Å². The molecule has 2 atom stereocenters. The highest BCUT2D eigenvalue weighted by atomic mass is 16.5. The lowest BCUT2D eigenvalue weighted by molar-refractivity contribution is 0.00406. The zero-order valence-electron chi connectivity index (χ0n) is 10.6. The Kier molecular flexibility index (Phi) is 2.94. The van der Waals surface area contributed by atoms with Gasteiger partial charge in [-0.1, -0.05) is 5.21 Å². The Hall–Kier alpha value is -1.95. The highest BCUT2D eigenvalue weighted by molar-refractivity contribution is 5.92. The Bertz CT molecular complexity index is 623. The maximum atomic E-state index is 10.9. The summed E-state index contributed by atoms with van der Waals surface area (Å²) in [6, 6.07) is 5.19. The Morgan fingerprint density at radius 1 is 1.53 bits per heavy atom. The predicted molar refractivity (Wildman–Crippen MR) is 68.2 cm³/mol. The van der Waals surface area contributed by atoms with Gasteiger partial charge < -0.3 is 9.84 Å². The van der Waals surface area contributed by atoms with Crippen molar-refractivity contribution in [2.24, 2.45) is 0 Å². The van der Waals surface area contributed by atoms with E-state index in [1.54, 1.807) is 18.2 Å². The molecule has 1 fully saturated rings. The fraction of sp³-hybridized carbons (Fsp3) is 0.462. The molecular weight excluding hydrogens is 246 g/mol. The second-order valence-corrected chi connectivity index (χ2v) is 4.90. The van der Waals surface area contributed by atoms with Crippen LogP contribution >= 0.6 is 0 Å². The second kappa shape index (κ2) is 4.62. The van der Waals surface area contributed by atoms with Crippen molar-refractivity contribution in [2.45, 2.75) is 31.9 Å². The van der Waals surface area contributed by atoms with Crippen LogP contribution < -0.4 is 0 Å². The summed E-state index contributed by atoms with van der Waals surface area (Å²) in [7, 11) is 0. The van der Waals surface area contributed by atoms with E-state index in [4.69, 9.17) is 9.84 Å². The van der Waals surface area contributed by atoms with Crippen LogP contribution in [0.2, 0.25) is 0 Å². The number of nitrogens with zero attached hydrogens (tertiary/aromatic N) is 3. The number of aromatic nitrogens is 3. The minimum Gasteiger partial charge on any atom is -0.478 e. The molecule has 3 rings (SSSR count). The molecule has 1 aliphatic rings. The molecule has 6 heteroatoms. The smallest absolute Gasteiger partial charge is 0.335 e. The van der Waals surface area contributed by atoms with Crippen LogP contribution in [0.1, 0.15) is 36.2 Å². The van der Waals surface area contributed by atoms with Crippen LogP contribution in [0.15, 0.2) is 18.2 Å². The largest absolute Gasteiger partial charge is 0.478 e. The van der Waals surface area contributed by atoms with E-state index in [0.29, 0.717) is 5.52 Å². The number of fused-ring (bicyclic) bond motifs is 1. The summed E-state index contributed by atoms with van der Waals surface area (Å²) >= 11 is 0. The molecule has 2 unspecified atom stereocenters. The molecule has 1 aliphatic heterocycles. The number of carbonyl (C=O) groups is 1. The zero-order valence-corrected chi connectivity index (χ0v) is 10.6. The number of hydrogen-bond donors (Lipinski definition) is 1. The average Bonchev–Trinajstić information content (AvgIpc) is 2.81. The lowest BCUT2D eigenvalue weighted by atomic mass is 10.0.